The van der Waals surface area contributed by atoms with E-state index in [0.717, 1.165) is 77.1 Å². The van der Waals surface area contributed by atoms with Crippen molar-refractivity contribution >= 4 is 17.6 Å². The van der Waals surface area contributed by atoms with Gasteiger partial charge in [-0.2, -0.15) is 0 Å². The lowest BCUT2D eigenvalue weighted by Crippen LogP contribution is -2.49. The zero-order valence-corrected chi connectivity index (χ0v) is 34.1. The molecule has 0 fully saturated rings. The number of hydrogen-bond donors (Lipinski definition) is 3. The zero-order valence-electron chi connectivity index (χ0n) is 32.1. The predicted molar refractivity (Wildman–Crippen MR) is 200 cm³/mol. The van der Waals surface area contributed by atoms with E-state index < -0.39 is 17.6 Å². The first-order chi connectivity index (χ1) is 22.3. The zero-order chi connectivity index (χ0) is 34.9. The van der Waals surface area contributed by atoms with Gasteiger partial charge in [0.2, 0.25) is 0 Å². The maximum absolute atomic E-state index is 6.83. The van der Waals surface area contributed by atoms with Gasteiger partial charge in [0.1, 0.15) is 0 Å². The van der Waals surface area contributed by atoms with Crippen molar-refractivity contribution in [2.75, 3.05) is 67.3 Å². The molecular weight excluding hydrogens is 615 g/mol. The fraction of sp³-hybridized carbons (Fsp3) is 1.00. The topological polar surface area (TPSA) is 119 Å². The van der Waals surface area contributed by atoms with Crippen molar-refractivity contribution in [1.29, 1.82) is 0 Å². The highest BCUT2D eigenvalue weighted by molar-refractivity contribution is 6.61. The number of nitrogens with one attached hydrogen (secondary N) is 1. The lowest BCUT2D eigenvalue weighted by Gasteiger charge is -2.34. The maximum atomic E-state index is 6.83. The van der Waals surface area contributed by atoms with Crippen LogP contribution in [0.15, 0.2) is 0 Å². The molecule has 0 radical (unpaired) electrons. The lowest BCUT2D eigenvalue weighted by atomic mass is 10.0. The summed E-state index contributed by atoms with van der Waals surface area (Å²) < 4.78 is 36.0. The summed E-state index contributed by atoms with van der Waals surface area (Å²) in [5.41, 5.74) is 11.0. The highest BCUT2D eigenvalue weighted by atomic mass is 28.4. The highest BCUT2D eigenvalue weighted by Gasteiger charge is 2.42. The van der Waals surface area contributed by atoms with Gasteiger partial charge >= 0.3 is 17.6 Å². The molecular formula is C35H81N3O6Si2. The molecule has 0 aromatic carbocycles. The molecule has 0 aliphatic carbocycles. The molecule has 3 unspecified atom stereocenters. The minimum atomic E-state index is -2.78. The van der Waals surface area contributed by atoms with Gasteiger partial charge in [-0.05, 0) is 62.9 Å². The van der Waals surface area contributed by atoms with Crippen LogP contribution in [0.5, 0.6) is 0 Å². The maximum Gasteiger partial charge on any atom is 0.501 e. The third-order valence-electron chi connectivity index (χ3n) is 9.02. The van der Waals surface area contributed by atoms with Crippen molar-refractivity contribution in [1.82, 2.24) is 5.32 Å². The number of rotatable bonds is 33. The summed E-state index contributed by atoms with van der Waals surface area (Å²) in [6.45, 7) is 19.1. The Morgan fingerprint density at radius 3 is 1.20 bits per heavy atom. The molecule has 11 heteroatoms. The van der Waals surface area contributed by atoms with E-state index in [1.807, 2.05) is 0 Å². The number of unbranched alkanes of at least 4 members (excludes halogenated alkanes) is 3. The van der Waals surface area contributed by atoms with Crippen LogP contribution in [0.4, 0.5) is 0 Å². The minimum absolute atomic E-state index is 0.591. The number of nitrogens with two attached hydrogens (primary N) is 2. The van der Waals surface area contributed by atoms with Crippen LogP contribution in [-0.2, 0) is 26.6 Å². The van der Waals surface area contributed by atoms with E-state index in [4.69, 9.17) is 38.0 Å². The molecule has 9 nitrogen and oxygen atoms in total. The van der Waals surface area contributed by atoms with Crippen LogP contribution in [0.1, 0.15) is 131 Å². The van der Waals surface area contributed by atoms with Crippen LogP contribution in [0.25, 0.3) is 0 Å². The molecule has 0 saturated heterocycles. The third kappa shape index (κ3) is 24.2. The SMILES string of the molecule is CCCCC(CC)CO[Si](CCCNCCN)(OCC(CC)CCCC)OCC(CC)CCCC.CO[Si](CCCN)(OC)OC. The van der Waals surface area contributed by atoms with Gasteiger partial charge in [0.15, 0.2) is 0 Å². The molecule has 0 aliphatic heterocycles. The van der Waals surface area contributed by atoms with Gasteiger partial charge in [-0.3, -0.25) is 0 Å². The quantitative estimate of drug-likeness (QED) is 0.0467. The van der Waals surface area contributed by atoms with Gasteiger partial charge in [-0.1, -0.05) is 99.3 Å². The standard InChI is InChI=1S/C29H64N2O3Si.C6H17NO3Si/c1-7-13-17-27(10-4)24-32-35(23-16-21-31-22-20-30,33-25-28(11-5)18-14-8-2)34-26-29(12-6)19-15-9-3;1-8-11(9-2,10-3)6-4-5-7/h27-29,31H,7-26,30H2,1-6H3;4-7H2,1-3H3. The van der Waals surface area contributed by atoms with E-state index in [2.05, 4.69) is 46.9 Å². The van der Waals surface area contributed by atoms with E-state index in [9.17, 15) is 0 Å². The summed E-state index contributed by atoms with van der Waals surface area (Å²) in [6, 6.07) is 1.68. The summed E-state index contributed by atoms with van der Waals surface area (Å²) in [5, 5.41) is 3.45. The van der Waals surface area contributed by atoms with E-state index >= 15 is 0 Å². The summed E-state index contributed by atoms with van der Waals surface area (Å²) in [5.74, 6) is 1.77. The average Bonchev–Trinajstić information content (AvgIpc) is 3.09. The first-order valence-corrected chi connectivity index (χ1v) is 22.8. The molecule has 5 N–H and O–H groups in total. The molecule has 0 saturated carbocycles. The smallest absolute Gasteiger partial charge is 0.377 e. The van der Waals surface area contributed by atoms with Gasteiger partial charge in [0, 0.05) is 66.3 Å². The molecule has 0 amide bonds. The van der Waals surface area contributed by atoms with Crippen molar-refractivity contribution in [2.24, 2.45) is 29.2 Å². The van der Waals surface area contributed by atoms with Crippen LogP contribution in [0, 0.1) is 17.8 Å². The Balaban J connectivity index is 0. The summed E-state index contributed by atoms with van der Waals surface area (Å²) in [7, 11) is -0.279. The Morgan fingerprint density at radius 2 is 0.891 bits per heavy atom. The van der Waals surface area contributed by atoms with Crippen molar-refractivity contribution in [3.05, 3.63) is 0 Å². The molecule has 0 spiro atoms. The van der Waals surface area contributed by atoms with Gasteiger partial charge in [0.25, 0.3) is 0 Å². The van der Waals surface area contributed by atoms with E-state index in [1.165, 1.54) is 57.8 Å². The molecule has 0 heterocycles. The highest BCUT2D eigenvalue weighted by Crippen LogP contribution is 2.26. The van der Waals surface area contributed by atoms with Crippen molar-refractivity contribution in [2.45, 2.75) is 144 Å². The Bertz CT molecular complexity index is 564. The lowest BCUT2D eigenvalue weighted by molar-refractivity contribution is 0.0241. The largest absolute Gasteiger partial charge is 0.501 e. The van der Waals surface area contributed by atoms with Crippen molar-refractivity contribution in [3.63, 3.8) is 0 Å². The Labute approximate surface area is 289 Å². The normalized spacial score (nSPS) is 15.2. The van der Waals surface area contributed by atoms with Crippen LogP contribution < -0.4 is 16.8 Å². The predicted octanol–water partition coefficient (Wildman–Crippen LogP) is 7.78. The van der Waals surface area contributed by atoms with Crippen LogP contribution in [-0.4, -0.2) is 84.9 Å². The average molecular weight is 696 g/mol. The molecule has 0 bridgehead atoms. The second-order valence-electron chi connectivity index (χ2n) is 12.7. The Morgan fingerprint density at radius 1 is 0.500 bits per heavy atom. The molecule has 3 atom stereocenters. The summed E-state index contributed by atoms with van der Waals surface area (Å²) in [6.07, 6.45) is 16.6. The van der Waals surface area contributed by atoms with Crippen molar-refractivity contribution in [3.8, 4) is 0 Å². The van der Waals surface area contributed by atoms with Crippen LogP contribution in [0.2, 0.25) is 12.1 Å². The van der Waals surface area contributed by atoms with E-state index in [-0.39, 0.29) is 0 Å². The van der Waals surface area contributed by atoms with Gasteiger partial charge in [-0.15, -0.1) is 0 Å². The molecule has 0 aromatic heterocycles. The monoisotopic (exact) mass is 696 g/mol. The van der Waals surface area contributed by atoms with Crippen LogP contribution in [0.3, 0.4) is 0 Å². The Kier molecular flexibility index (Phi) is 35.2. The first-order valence-electron chi connectivity index (χ1n) is 19.0. The molecule has 46 heavy (non-hydrogen) atoms. The minimum Gasteiger partial charge on any atom is -0.377 e. The van der Waals surface area contributed by atoms with E-state index in [1.54, 1.807) is 21.3 Å². The van der Waals surface area contributed by atoms with Crippen LogP contribution >= 0.6 is 0 Å². The molecule has 0 aromatic rings. The fourth-order valence-corrected chi connectivity index (χ4v) is 9.81. The molecule has 0 rings (SSSR count). The summed E-state index contributed by atoms with van der Waals surface area (Å²) >= 11 is 0. The van der Waals surface area contributed by atoms with Gasteiger partial charge in [0.05, 0.1) is 0 Å². The second-order valence-corrected chi connectivity index (χ2v) is 18.5. The third-order valence-corrected chi connectivity index (χ3v) is 14.6. The fourth-order valence-electron chi connectivity index (χ4n) is 5.30. The molecule has 280 valence electrons. The first kappa shape index (κ1) is 48.2. The van der Waals surface area contributed by atoms with Gasteiger partial charge < -0.3 is 43.3 Å². The number of hydrogen-bond acceptors (Lipinski definition) is 9. The summed E-state index contributed by atoms with van der Waals surface area (Å²) in [4.78, 5) is 0. The van der Waals surface area contributed by atoms with E-state index in [0.29, 0.717) is 30.8 Å². The Hall–Kier alpha value is 0.0738. The second kappa shape index (κ2) is 33.6. The van der Waals surface area contributed by atoms with Gasteiger partial charge in [-0.25, -0.2) is 0 Å². The van der Waals surface area contributed by atoms with Crippen molar-refractivity contribution < 1.29 is 26.6 Å². The molecule has 0 aliphatic rings.